The number of pyridine rings is 1. The molecule has 2 N–H and O–H groups in total. The average Bonchev–Trinajstić information content (AvgIpc) is 2.56. The number of hydrogen-bond donors (Lipinski definition) is 1. The second-order valence-electron chi connectivity index (χ2n) is 3.23. The molecule has 0 unspecified atom stereocenters. The van der Waals surface area contributed by atoms with Crippen molar-refractivity contribution >= 4 is 27.6 Å². The van der Waals surface area contributed by atoms with Crippen molar-refractivity contribution in [1.29, 1.82) is 0 Å². The molecule has 0 aliphatic rings. The van der Waals surface area contributed by atoms with Crippen LogP contribution < -0.4 is 5.73 Å². The Hall–Kier alpha value is -2.03. The van der Waals surface area contributed by atoms with E-state index in [2.05, 4.69) is 4.98 Å². The molecule has 0 saturated heterocycles. The molecule has 2 aromatic heterocycles. The molecule has 3 nitrogen and oxygen atoms in total. The van der Waals surface area contributed by atoms with Gasteiger partial charge in [-0.05, 0) is 24.3 Å². The quantitative estimate of drug-likeness (QED) is 0.546. The molecule has 2 heterocycles. The maximum Gasteiger partial charge on any atom is 0.138 e. The van der Waals surface area contributed by atoms with Crippen molar-refractivity contribution in [2.45, 2.75) is 0 Å². The monoisotopic (exact) mass is 184 g/mol. The number of aromatic nitrogens is 1. The SMILES string of the molecule is Nc1ccc2oc3ccncc3c2c1. The molecule has 3 aromatic rings. The Balaban J connectivity index is 2.58. The van der Waals surface area contributed by atoms with Gasteiger partial charge >= 0.3 is 0 Å². The van der Waals surface area contributed by atoms with Crippen LogP contribution >= 0.6 is 0 Å². The first-order valence-electron chi connectivity index (χ1n) is 4.36. The van der Waals surface area contributed by atoms with E-state index in [-0.39, 0.29) is 0 Å². The third kappa shape index (κ3) is 0.893. The first kappa shape index (κ1) is 7.38. The minimum Gasteiger partial charge on any atom is -0.456 e. The predicted octanol–water partition coefficient (Wildman–Crippen LogP) is 2.56. The minimum absolute atomic E-state index is 0.740. The Kier molecular flexibility index (Phi) is 1.31. The fourth-order valence-electron chi connectivity index (χ4n) is 1.64. The Morgan fingerprint density at radius 3 is 2.86 bits per heavy atom. The smallest absolute Gasteiger partial charge is 0.138 e. The van der Waals surface area contributed by atoms with Crippen molar-refractivity contribution in [3.05, 3.63) is 36.7 Å². The lowest BCUT2D eigenvalue weighted by atomic mass is 10.2. The Bertz CT molecular complexity index is 613. The van der Waals surface area contributed by atoms with Gasteiger partial charge < -0.3 is 10.2 Å². The molecule has 0 saturated carbocycles. The van der Waals surface area contributed by atoms with Crippen LogP contribution in [0.3, 0.4) is 0 Å². The molecule has 68 valence electrons. The van der Waals surface area contributed by atoms with Gasteiger partial charge in [0.05, 0.1) is 0 Å². The zero-order valence-electron chi connectivity index (χ0n) is 7.40. The molecule has 0 spiro atoms. The zero-order chi connectivity index (χ0) is 9.54. The summed E-state index contributed by atoms with van der Waals surface area (Å²) in [5, 5.41) is 2.03. The number of hydrogen-bond acceptors (Lipinski definition) is 3. The van der Waals surface area contributed by atoms with E-state index in [0.29, 0.717) is 0 Å². The van der Waals surface area contributed by atoms with E-state index < -0.39 is 0 Å². The lowest BCUT2D eigenvalue weighted by Gasteiger charge is -1.90. The fourth-order valence-corrected chi connectivity index (χ4v) is 1.64. The van der Waals surface area contributed by atoms with E-state index in [4.69, 9.17) is 10.2 Å². The summed E-state index contributed by atoms with van der Waals surface area (Å²) < 4.78 is 5.61. The van der Waals surface area contributed by atoms with Crippen molar-refractivity contribution in [1.82, 2.24) is 4.98 Å². The van der Waals surface area contributed by atoms with Gasteiger partial charge in [0.15, 0.2) is 0 Å². The number of fused-ring (bicyclic) bond motifs is 3. The molecule has 14 heavy (non-hydrogen) atoms. The summed E-state index contributed by atoms with van der Waals surface area (Å²) in [7, 11) is 0. The number of rotatable bonds is 0. The van der Waals surface area contributed by atoms with E-state index in [1.54, 1.807) is 12.4 Å². The molecule has 0 aliphatic carbocycles. The van der Waals surface area contributed by atoms with Crippen LogP contribution in [0.2, 0.25) is 0 Å². The van der Waals surface area contributed by atoms with Crippen molar-refractivity contribution in [3.63, 3.8) is 0 Å². The van der Waals surface area contributed by atoms with Gasteiger partial charge in [-0.2, -0.15) is 0 Å². The van der Waals surface area contributed by atoms with Gasteiger partial charge in [0, 0.05) is 28.9 Å². The van der Waals surface area contributed by atoms with Gasteiger partial charge in [-0.3, -0.25) is 4.98 Å². The Labute approximate surface area is 80.1 Å². The molecule has 0 amide bonds. The topological polar surface area (TPSA) is 52.0 Å². The number of nitrogens with zero attached hydrogens (tertiary/aromatic N) is 1. The van der Waals surface area contributed by atoms with Gasteiger partial charge in [-0.25, -0.2) is 0 Å². The molecule has 3 rings (SSSR count). The number of benzene rings is 1. The van der Waals surface area contributed by atoms with Crippen molar-refractivity contribution < 1.29 is 4.42 Å². The maximum absolute atomic E-state index is 5.71. The van der Waals surface area contributed by atoms with Crippen molar-refractivity contribution in [3.8, 4) is 0 Å². The molecule has 0 bridgehead atoms. The van der Waals surface area contributed by atoms with Gasteiger partial charge in [0.1, 0.15) is 11.2 Å². The van der Waals surface area contributed by atoms with Crippen LogP contribution in [0.25, 0.3) is 21.9 Å². The van der Waals surface area contributed by atoms with Crippen LogP contribution in [-0.2, 0) is 0 Å². The predicted molar refractivity (Wildman–Crippen MR) is 55.9 cm³/mol. The van der Waals surface area contributed by atoms with E-state index in [1.807, 2.05) is 24.3 Å². The Morgan fingerprint density at radius 2 is 1.93 bits per heavy atom. The summed E-state index contributed by atoms with van der Waals surface area (Å²) in [6.07, 6.45) is 3.51. The lowest BCUT2D eigenvalue weighted by molar-refractivity contribution is 0.668. The van der Waals surface area contributed by atoms with E-state index >= 15 is 0 Å². The molecule has 1 aromatic carbocycles. The van der Waals surface area contributed by atoms with Gasteiger partial charge in [-0.15, -0.1) is 0 Å². The normalized spacial score (nSPS) is 11.1. The number of nitrogen functional groups attached to an aromatic ring is 1. The minimum atomic E-state index is 0.740. The van der Waals surface area contributed by atoms with Crippen LogP contribution in [0, 0.1) is 0 Å². The number of furan rings is 1. The average molecular weight is 184 g/mol. The first-order valence-corrected chi connectivity index (χ1v) is 4.36. The van der Waals surface area contributed by atoms with E-state index in [9.17, 15) is 0 Å². The summed E-state index contributed by atoms with van der Waals surface area (Å²) >= 11 is 0. The summed E-state index contributed by atoms with van der Waals surface area (Å²) in [5.41, 5.74) is 8.15. The highest BCUT2D eigenvalue weighted by molar-refractivity contribution is 6.05. The summed E-state index contributed by atoms with van der Waals surface area (Å²) in [6.45, 7) is 0. The number of anilines is 1. The second-order valence-corrected chi connectivity index (χ2v) is 3.23. The van der Waals surface area contributed by atoms with Crippen LogP contribution in [0.1, 0.15) is 0 Å². The third-order valence-corrected chi connectivity index (χ3v) is 2.29. The van der Waals surface area contributed by atoms with Crippen LogP contribution in [-0.4, -0.2) is 4.98 Å². The second kappa shape index (κ2) is 2.48. The van der Waals surface area contributed by atoms with Gasteiger partial charge in [-0.1, -0.05) is 0 Å². The first-order chi connectivity index (χ1) is 6.84. The highest BCUT2D eigenvalue weighted by Crippen LogP contribution is 2.28. The molecule has 0 radical (unpaired) electrons. The van der Waals surface area contributed by atoms with Gasteiger partial charge in [0.2, 0.25) is 0 Å². The highest BCUT2D eigenvalue weighted by Gasteiger charge is 2.05. The van der Waals surface area contributed by atoms with Crippen LogP contribution in [0.5, 0.6) is 0 Å². The maximum atomic E-state index is 5.71. The third-order valence-electron chi connectivity index (χ3n) is 2.29. The highest BCUT2D eigenvalue weighted by atomic mass is 16.3. The molecule has 0 atom stereocenters. The van der Waals surface area contributed by atoms with Crippen molar-refractivity contribution in [2.24, 2.45) is 0 Å². The molecule has 0 fully saturated rings. The van der Waals surface area contributed by atoms with Crippen molar-refractivity contribution in [2.75, 3.05) is 5.73 Å². The lowest BCUT2D eigenvalue weighted by Crippen LogP contribution is -1.81. The fraction of sp³-hybridized carbons (Fsp3) is 0. The summed E-state index contributed by atoms with van der Waals surface area (Å²) in [4.78, 5) is 4.06. The van der Waals surface area contributed by atoms with Crippen LogP contribution in [0.15, 0.2) is 41.1 Å². The standard InChI is InChI=1S/C11H8N2O/c12-7-1-2-10-8(5-7)9-6-13-4-3-11(9)14-10/h1-6H,12H2. The van der Waals surface area contributed by atoms with Crippen LogP contribution in [0.4, 0.5) is 5.69 Å². The Morgan fingerprint density at radius 1 is 1.07 bits per heavy atom. The molecular weight excluding hydrogens is 176 g/mol. The largest absolute Gasteiger partial charge is 0.456 e. The molecular formula is C11H8N2O. The van der Waals surface area contributed by atoms with Gasteiger partial charge in [0.25, 0.3) is 0 Å². The summed E-state index contributed by atoms with van der Waals surface area (Å²) in [6, 6.07) is 7.47. The zero-order valence-corrected chi connectivity index (χ0v) is 7.40. The molecule has 0 aliphatic heterocycles. The van der Waals surface area contributed by atoms with E-state index in [1.165, 1.54) is 0 Å². The summed E-state index contributed by atoms with van der Waals surface area (Å²) in [5.74, 6) is 0. The van der Waals surface area contributed by atoms with E-state index in [0.717, 1.165) is 27.6 Å². The number of nitrogens with two attached hydrogens (primary N) is 1. The molecule has 3 heteroatoms.